The molecule has 0 radical (unpaired) electrons. The Hall–Kier alpha value is -0.0800. The van der Waals surface area contributed by atoms with E-state index in [0.29, 0.717) is 0 Å². The normalized spacial score (nSPS) is 21.8. The largest absolute Gasteiger partial charge is 0.412 e. The van der Waals surface area contributed by atoms with E-state index in [0.717, 1.165) is 0 Å². The number of nitrogens with two attached hydrogens (primary N) is 1. The zero-order valence-corrected chi connectivity index (χ0v) is 4.10. The average Bonchev–Trinajstić information content (AvgIpc) is 1.30. The third-order valence-electron chi connectivity index (χ3n) is 0.182. The fraction of sp³-hybridized carbons (Fsp3) is 0. The molecule has 0 unspecified atom stereocenters. The molecule has 0 aliphatic heterocycles. The maximum Gasteiger partial charge on any atom is 0.412 e. The highest BCUT2D eigenvalue weighted by atomic mass is 32.5. The second-order valence-electron chi connectivity index (χ2n) is 0.994. The highest BCUT2D eigenvalue weighted by Gasteiger charge is 2.66. The number of rotatable bonds is 1. The van der Waals surface area contributed by atoms with Gasteiger partial charge in [-0.15, -0.1) is 0 Å². The fourth-order valence-corrected chi connectivity index (χ4v) is 0. The van der Waals surface area contributed by atoms with Gasteiger partial charge in [0.25, 0.3) is 0 Å². The van der Waals surface area contributed by atoms with Crippen molar-refractivity contribution in [2.75, 3.05) is 0 Å². The molecule has 0 bridgehead atoms. The summed E-state index contributed by atoms with van der Waals surface area (Å²) in [7, 11) is -9.72. The Bertz CT molecular complexity index is 95.6. The summed E-state index contributed by atoms with van der Waals surface area (Å²) in [4.78, 5) is 0. The maximum absolute atomic E-state index is 10.6. The van der Waals surface area contributed by atoms with Crippen LogP contribution in [0.15, 0.2) is 0 Å². The van der Waals surface area contributed by atoms with Crippen LogP contribution in [0.5, 0.6) is 0 Å². The van der Waals surface area contributed by atoms with Gasteiger partial charge >= 0.3 is 10.5 Å². The minimum Gasteiger partial charge on any atom is -0.194 e. The first-order valence-corrected chi connectivity index (χ1v) is 3.05. The van der Waals surface area contributed by atoms with Gasteiger partial charge in [0, 0.05) is 0 Å². The predicted octanol–water partition coefficient (Wildman–Crippen LogP) is 2.09. The summed E-state index contributed by atoms with van der Waals surface area (Å²) < 4.78 is 54.6. The van der Waals surface area contributed by atoms with Crippen molar-refractivity contribution in [2.45, 2.75) is 0 Å². The summed E-state index contributed by atoms with van der Waals surface area (Å²) in [5.74, 6) is 3.25. The van der Waals surface area contributed by atoms with Crippen molar-refractivity contribution in [3.8, 4) is 0 Å². The zero-order valence-electron chi connectivity index (χ0n) is 3.28. The van der Waals surface area contributed by atoms with Gasteiger partial charge in [0.15, 0.2) is 0 Å². The van der Waals surface area contributed by atoms with Crippen LogP contribution in [0.4, 0.5) is 19.4 Å². The van der Waals surface area contributed by atoms with Gasteiger partial charge in [0.1, 0.15) is 0 Å². The number of hydrogen-bond acceptors (Lipinski definition) is 2. The Morgan fingerprint density at radius 2 is 1.12 bits per heavy atom. The summed E-state index contributed by atoms with van der Waals surface area (Å²) >= 11 is 0. The summed E-state index contributed by atoms with van der Waals surface area (Å²) in [6.07, 6.45) is 0. The highest BCUT2D eigenvalue weighted by molar-refractivity contribution is 8.42. The van der Waals surface area contributed by atoms with Gasteiger partial charge in [-0.3, -0.25) is 0 Å². The number of hydrogen-bond donors (Lipinski definition) is 1. The van der Waals surface area contributed by atoms with Gasteiger partial charge in [-0.1, -0.05) is 19.4 Å². The van der Waals surface area contributed by atoms with Crippen LogP contribution >= 0.6 is 10.5 Å². The molecule has 0 rings (SSSR count). The molecule has 0 aliphatic rings. The van der Waals surface area contributed by atoms with Crippen LogP contribution in [0.3, 0.4) is 0 Å². The van der Waals surface area contributed by atoms with E-state index in [1.54, 1.807) is 4.28 Å². The SMILES string of the molecule is NOS(F)(F)(F)(F)F. The van der Waals surface area contributed by atoms with Crippen molar-refractivity contribution in [1.29, 1.82) is 0 Å². The minimum absolute atomic E-state index is 1.60. The van der Waals surface area contributed by atoms with E-state index in [4.69, 9.17) is 0 Å². The van der Waals surface area contributed by atoms with E-state index in [1.807, 2.05) is 0 Å². The highest BCUT2D eigenvalue weighted by Crippen LogP contribution is 2.97. The van der Waals surface area contributed by atoms with Crippen LogP contribution < -0.4 is 5.90 Å². The predicted molar refractivity (Wildman–Crippen MR) is 18.4 cm³/mol. The Labute approximate surface area is 41.3 Å². The van der Waals surface area contributed by atoms with Crippen molar-refractivity contribution in [1.82, 2.24) is 0 Å². The van der Waals surface area contributed by atoms with E-state index in [-0.39, 0.29) is 0 Å². The van der Waals surface area contributed by atoms with Crippen LogP contribution in [-0.4, -0.2) is 0 Å². The molecule has 0 saturated carbocycles. The number of halogens is 5. The quantitative estimate of drug-likeness (QED) is 0.469. The van der Waals surface area contributed by atoms with E-state index in [1.165, 1.54) is 0 Å². The van der Waals surface area contributed by atoms with Gasteiger partial charge in [-0.25, -0.2) is 0 Å². The second kappa shape index (κ2) is 0.957. The molecule has 0 aromatic carbocycles. The van der Waals surface area contributed by atoms with Crippen molar-refractivity contribution in [3.63, 3.8) is 0 Å². The lowest BCUT2D eigenvalue weighted by molar-refractivity contribution is 0.157. The molecule has 0 fully saturated rings. The van der Waals surface area contributed by atoms with E-state index in [2.05, 4.69) is 5.90 Å². The molecule has 8 heteroatoms. The molecule has 2 nitrogen and oxygen atoms in total. The summed E-state index contributed by atoms with van der Waals surface area (Å²) in [5, 5.41) is 0. The Kier molecular flexibility index (Phi) is 0.947. The molecule has 54 valence electrons. The van der Waals surface area contributed by atoms with Gasteiger partial charge in [0.05, 0.1) is 0 Å². The molecule has 0 aromatic heterocycles. The monoisotopic (exact) mass is 159 g/mol. The molecule has 2 N–H and O–H groups in total. The van der Waals surface area contributed by atoms with Gasteiger partial charge < -0.3 is 0 Å². The third kappa shape index (κ3) is 5.92. The van der Waals surface area contributed by atoms with Crippen LogP contribution in [-0.2, 0) is 4.28 Å². The summed E-state index contributed by atoms with van der Waals surface area (Å²) in [6.45, 7) is 0. The Morgan fingerprint density at radius 1 is 1.00 bits per heavy atom. The van der Waals surface area contributed by atoms with E-state index < -0.39 is 10.5 Å². The Morgan fingerprint density at radius 3 is 1.12 bits per heavy atom. The van der Waals surface area contributed by atoms with Crippen molar-refractivity contribution in [2.24, 2.45) is 5.90 Å². The Balaban J connectivity index is 4.50. The molecule has 0 saturated heterocycles. The molecule has 0 amide bonds. The zero-order chi connectivity index (χ0) is 7.12. The molecule has 0 heterocycles. The van der Waals surface area contributed by atoms with Gasteiger partial charge in [-0.05, 0) is 0 Å². The first kappa shape index (κ1) is 7.92. The molecule has 0 aliphatic carbocycles. The average molecular weight is 159 g/mol. The first-order chi connectivity index (χ1) is 3.04. The topological polar surface area (TPSA) is 35.2 Å². The van der Waals surface area contributed by atoms with E-state index >= 15 is 0 Å². The van der Waals surface area contributed by atoms with Crippen molar-refractivity contribution < 1.29 is 23.7 Å². The van der Waals surface area contributed by atoms with Crippen LogP contribution in [0.1, 0.15) is 0 Å². The van der Waals surface area contributed by atoms with Crippen molar-refractivity contribution in [3.05, 3.63) is 0 Å². The second-order valence-corrected chi connectivity index (χ2v) is 2.98. The lowest BCUT2D eigenvalue weighted by Gasteiger charge is -2.35. The lowest BCUT2D eigenvalue weighted by Crippen LogP contribution is -2.14. The minimum atomic E-state index is -9.72. The van der Waals surface area contributed by atoms with Crippen LogP contribution in [0.2, 0.25) is 0 Å². The lowest BCUT2D eigenvalue weighted by atomic mass is 13.6. The van der Waals surface area contributed by atoms with Crippen LogP contribution in [0.25, 0.3) is 0 Å². The third-order valence-corrected chi connectivity index (χ3v) is 0.546. The fourth-order valence-electron chi connectivity index (χ4n) is 0. The molecule has 0 aromatic rings. The van der Waals surface area contributed by atoms with Crippen LogP contribution in [0, 0.1) is 0 Å². The summed E-state index contributed by atoms with van der Waals surface area (Å²) in [6, 6.07) is 0. The standard InChI is InChI=1S/F5H2NOS/c1-8(2,3,4,5)7-6/h6H2. The first-order valence-electron chi connectivity index (χ1n) is 1.17. The van der Waals surface area contributed by atoms with E-state index in [9.17, 15) is 19.4 Å². The van der Waals surface area contributed by atoms with Crippen molar-refractivity contribution >= 4 is 10.5 Å². The molecule has 8 heavy (non-hydrogen) atoms. The van der Waals surface area contributed by atoms with Gasteiger partial charge in [0.2, 0.25) is 0 Å². The summed E-state index contributed by atoms with van der Waals surface area (Å²) in [5.41, 5.74) is 0. The molecular formula is H2F5NOS. The maximum atomic E-state index is 10.6. The molecule has 0 spiro atoms. The smallest absolute Gasteiger partial charge is 0.194 e. The molecular weight excluding hydrogens is 157 g/mol. The van der Waals surface area contributed by atoms with Gasteiger partial charge in [-0.2, -0.15) is 10.2 Å². The molecule has 0 atom stereocenters.